The summed E-state index contributed by atoms with van der Waals surface area (Å²) in [5, 5.41) is 3.72. The van der Waals surface area contributed by atoms with Crippen molar-refractivity contribution in [2.24, 2.45) is 0 Å². The van der Waals surface area contributed by atoms with Crippen LogP contribution in [0.5, 0.6) is 5.75 Å². The van der Waals surface area contributed by atoms with Crippen LogP contribution >= 0.6 is 0 Å². The van der Waals surface area contributed by atoms with Gasteiger partial charge in [0, 0.05) is 40.2 Å². The second kappa shape index (κ2) is 10.0. The first-order valence-electron chi connectivity index (χ1n) is 12.7. The predicted molar refractivity (Wildman–Crippen MR) is 143 cm³/mol. The first-order chi connectivity index (χ1) is 17.8. The topological polar surface area (TPSA) is 54.2 Å². The van der Waals surface area contributed by atoms with E-state index in [1.165, 1.54) is 27.6 Å². The third-order valence-corrected chi connectivity index (χ3v) is 7.13. The van der Waals surface area contributed by atoms with Gasteiger partial charge in [0.2, 0.25) is 0 Å². The number of aromatic amines is 1. The van der Waals surface area contributed by atoms with Crippen molar-refractivity contribution in [1.82, 2.24) is 4.98 Å². The molecule has 0 bridgehead atoms. The summed E-state index contributed by atoms with van der Waals surface area (Å²) in [6.45, 7) is 2.35. The van der Waals surface area contributed by atoms with Crippen molar-refractivity contribution in [1.29, 1.82) is 0 Å². The van der Waals surface area contributed by atoms with Crippen LogP contribution in [0.3, 0.4) is 0 Å². The highest BCUT2D eigenvalue weighted by Crippen LogP contribution is 2.33. The van der Waals surface area contributed by atoms with Crippen LogP contribution in [-0.4, -0.2) is 30.8 Å². The number of nitrogens with two attached hydrogens (primary N) is 1. The van der Waals surface area contributed by atoms with Gasteiger partial charge in [-0.15, -0.1) is 0 Å². The molecule has 1 atom stereocenters. The molecule has 1 fully saturated rings. The highest BCUT2D eigenvalue weighted by Gasteiger charge is 2.39. The van der Waals surface area contributed by atoms with E-state index in [1.807, 2.05) is 6.07 Å². The Balaban J connectivity index is 1.32. The smallest absolute Gasteiger partial charge is 0.173 e. The Morgan fingerprint density at radius 2 is 1.39 bits per heavy atom. The Morgan fingerprint density at radius 3 is 1.94 bits per heavy atom. The standard InChI is InChI=1S/C32H30N2O2/c1-4-10-25(11-5-1)32(26-12-6-2-7-13-26,27-14-8-3-9-15-27)34-19-18-24-21-33-31-17-16-28(20-30(24)31)35-22-29-23-36-29/h1-17,20-21,29,33-34H,18-19,22-23H2/p+1/t29-/m1/s1. The van der Waals surface area contributed by atoms with Gasteiger partial charge in [-0.3, -0.25) is 0 Å². The zero-order valence-electron chi connectivity index (χ0n) is 20.3. The maximum atomic E-state index is 5.95. The Labute approximate surface area is 211 Å². The molecule has 0 radical (unpaired) electrons. The molecule has 0 unspecified atom stereocenters. The van der Waals surface area contributed by atoms with Gasteiger partial charge in [0.25, 0.3) is 0 Å². The zero-order valence-corrected chi connectivity index (χ0v) is 20.3. The fraction of sp³-hybridized carbons (Fsp3) is 0.188. The van der Waals surface area contributed by atoms with Crippen LogP contribution in [0, 0.1) is 0 Å². The van der Waals surface area contributed by atoms with Crippen molar-refractivity contribution in [3.8, 4) is 5.75 Å². The van der Waals surface area contributed by atoms with Crippen molar-refractivity contribution < 1.29 is 14.8 Å². The van der Waals surface area contributed by atoms with Gasteiger partial charge in [-0.25, -0.2) is 0 Å². The van der Waals surface area contributed by atoms with Gasteiger partial charge in [0.15, 0.2) is 5.54 Å². The number of ether oxygens (including phenoxy) is 2. The molecule has 4 nitrogen and oxygen atoms in total. The normalized spacial score (nSPS) is 15.2. The predicted octanol–water partition coefficient (Wildman–Crippen LogP) is 5.04. The van der Waals surface area contributed by atoms with E-state index >= 15 is 0 Å². The molecule has 0 saturated carbocycles. The first-order valence-corrected chi connectivity index (χ1v) is 12.7. The number of aromatic nitrogens is 1. The highest BCUT2D eigenvalue weighted by atomic mass is 16.6. The maximum absolute atomic E-state index is 5.95. The fourth-order valence-corrected chi connectivity index (χ4v) is 5.21. The third kappa shape index (κ3) is 4.53. The third-order valence-electron chi connectivity index (χ3n) is 7.13. The van der Waals surface area contributed by atoms with Gasteiger partial charge >= 0.3 is 0 Å². The molecule has 6 rings (SSSR count). The van der Waals surface area contributed by atoms with E-state index in [4.69, 9.17) is 9.47 Å². The molecule has 3 N–H and O–H groups in total. The zero-order chi connectivity index (χ0) is 24.2. The number of quaternary nitrogens is 1. The number of fused-ring (bicyclic) bond motifs is 1. The van der Waals surface area contributed by atoms with E-state index in [0.29, 0.717) is 6.61 Å². The number of H-pyrrole nitrogens is 1. The molecule has 0 amide bonds. The minimum atomic E-state index is -0.339. The van der Waals surface area contributed by atoms with Crippen LogP contribution in [-0.2, 0) is 16.7 Å². The second-order valence-corrected chi connectivity index (χ2v) is 9.44. The summed E-state index contributed by atoms with van der Waals surface area (Å²) in [5.41, 5.74) is 5.94. The van der Waals surface area contributed by atoms with E-state index in [1.54, 1.807) is 0 Å². The Hall–Kier alpha value is -3.86. The molecule has 2 heterocycles. The van der Waals surface area contributed by atoms with Gasteiger partial charge in [-0.2, -0.15) is 0 Å². The van der Waals surface area contributed by atoms with Crippen LogP contribution in [0.1, 0.15) is 22.3 Å². The minimum absolute atomic E-state index is 0.253. The molecule has 180 valence electrons. The van der Waals surface area contributed by atoms with Crippen molar-refractivity contribution in [3.05, 3.63) is 138 Å². The highest BCUT2D eigenvalue weighted by molar-refractivity contribution is 5.84. The second-order valence-electron chi connectivity index (χ2n) is 9.44. The molecule has 4 aromatic carbocycles. The Bertz CT molecular complexity index is 1310. The first kappa shape index (κ1) is 22.6. The molecule has 5 aromatic rings. The molecular formula is C32H31N2O2+. The number of epoxide rings is 1. The number of benzene rings is 4. The SMILES string of the molecule is c1ccc(C([NH2+]CCc2c[nH]c3ccc(OC[C@@H]4CO4)cc23)(c2ccccc2)c2ccccc2)cc1. The molecule has 0 spiro atoms. The summed E-state index contributed by atoms with van der Waals surface area (Å²) < 4.78 is 11.2. The van der Waals surface area contributed by atoms with Crippen molar-refractivity contribution in [2.45, 2.75) is 18.1 Å². The molecule has 1 aliphatic rings. The lowest BCUT2D eigenvalue weighted by molar-refractivity contribution is -0.716. The van der Waals surface area contributed by atoms with Gasteiger partial charge in [0.05, 0.1) is 13.2 Å². The average Bonchev–Trinajstić information content (AvgIpc) is 3.70. The molecular weight excluding hydrogens is 444 g/mol. The summed E-state index contributed by atoms with van der Waals surface area (Å²) in [6, 6.07) is 38.8. The largest absolute Gasteiger partial charge is 0.491 e. The summed E-state index contributed by atoms with van der Waals surface area (Å²) in [6.07, 6.45) is 3.33. The average molecular weight is 476 g/mol. The lowest BCUT2D eigenvalue weighted by Crippen LogP contribution is -2.96. The number of rotatable bonds is 10. The van der Waals surface area contributed by atoms with E-state index in [9.17, 15) is 0 Å². The number of hydrogen-bond acceptors (Lipinski definition) is 2. The van der Waals surface area contributed by atoms with Gasteiger partial charge in [-0.05, 0) is 23.8 Å². The number of hydrogen-bond donors (Lipinski definition) is 2. The summed E-state index contributed by atoms with van der Waals surface area (Å²) in [7, 11) is 0. The quantitative estimate of drug-likeness (QED) is 0.220. The van der Waals surface area contributed by atoms with E-state index in [0.717, 1.165) is 30.8 Å². The summed E-state index contributed by atoms with van der Waals surface area (Å²) >= 11 is 0. The van der Waals surface area contributed by atoms with Crippen LogP contribution < -0.4 is 10.1 Å². The Morgan fingerprint density at radius 1 is 0.806 bits per heavy atom. The molecule has 1 saturated heterocycles. The van der Waals surface area contributed by atoms with E-state index in [2.05, 4.69) is 120 Å². The maximum Gasteiger partial charge on any atom is 0.173 e. The van der Waals surface area contributed by atoms with Gasteiger partial charge in [0.1, 0.15) is 18.5 Å². The molecule has 0 aliphatic carbocycles. The lowest BCUT2D eigenvalue weighted by Gasteiger charge is -2.33. The van der Waals surface area contributed by atoms with E-state index < -0.39 is 0 Å². The van der Waals surface area contributed by atoms with Crippen LogP contribution in [0.15, 0.2) is 115 Å². The summed E-state index contributed by atoms with van der Waals surface area (Å²) in [5.74, 6) is 0.898. The van der Waals surface area contributed by atoms with Gasteiger partial charge < -0.3 is 19.8 Å². The van der Waals surface area contributed by atoms with Crippen molar-refractivity contribution >= 4 is 10.9 Å². The van der Waals surface area contributed by atoms with Crippen LogP contribution in [0.25, 0.3) is 10.9 Å². The van der Waals surface area contributed by atoms with Crippen molar-refractivity contribution in [2.75, 3.05) is 19.8 Å². The van der Waals surface area contributed by atoms with Crippen molar-refractivity contribution in [3.63, 3.8) is 0 Å². The van der Waals surface area contributed by atoms with Gasteiger partial charge in [-0.1, -0.05) is 91.0 Å². The lowest BCUT2D eigenvalue weighted by atomic mass is 9.77. The van der Waals surface area contributed by atoms with Crippen LogP contribution in [0.2, 0.25) is 0 Å². The molecule has 4 heteroatoms. The number of nitrogens with one attached hydrogen (secondary N) is 1. The Kier molecular flexibility index (Phi) is 6.29. The van der Waals surface area contributed by atoms with Crippen LogP contribution in [0.4, 0.5) is 0 Å². The monoisotopic (exact) mass is 475 g/mol. The molecule has 1 aromatic heterocycles. The summed E-state index contributed by atoms with van der Waals surface area (Å²) in [4.78, 5) is 3.44. The fourth-order valence-electron chi connectivity index (χ4n) is 5.21. The minimum Gasteiger partial charge on any atom is -0.491 e. The molecule has 1 aliphatic heterocycles. The van der Waals surface area contributed by atoms with E-state index in [-0.39, 0.29) is 11.6 Å². The molecule has 36 heavy (non-hydrogen) atoms.